The fourth-order valence-corrected chi connectivity index (χ4v) is 4.26. The molecule has 2 aliphatic rings. The van der Waals surface area contributed by atoms with E-state index >= 15 is 0 Å². The molecule has 6 nitrogen and oxygen atoms in total. The zero-order valence-corrected chi connectivity index (χ0v) is 15.9. The first-order valence-electron chi connectivity index (χ1n) is 9.27. The minimum Gasteiger partial charge on any atom is -0.336 e. The molecular formula is C20H26N4O2. The van der Waals surface area contributed by atoms with Crippen LogP contribution in [0.2, 0.25) is 0 Å². The number of fused-ring (bicyclic) bond motifs is 4. The number of amides is 1. The van der Waals surface area contributed by atoms with Crippen LogP contribution in [0.15, 0.2) is 29.1 Å². The lowest BCUT2D eigenvalue weighted by Gasteiger charge is -2.42. The lowest BCUT2D eigenvalue weighted by molar-refractivity contribution is 0.0584. The summed E-state index contributed by atoms with van der Waals surface area (Å²) in [5.74, 6) is 0.605. The number of aromatic nitrogens is 3. The summed E-state index contributed by atoms with van der Waals surface area (Å²) in [7, 11) is 1.84. The standard InChI is InChI=1S/C20H26N4O2/c1-20(2,3)17-9-16(22(4)21-17)19(26)23-10-13-8-14(12-23)15-6-5-7-18(25)24(15)11-13/h5-7,9,13-14H,8,10-12H2,1-4H3. The molecule has 0 N–H and O–H groups in total. The molecule has 138 valence electrons. The number of likely N-dealkylation sites (tertiary alicyclic amines) is 1. The molecule has 2 bridgehead atoms. The summed E-state index contributed by atoms with van der Waals surface area (Å²) in [5.41, 5.74) is 2.61. The molecule has 2 atom stereocenters. The van der Waals surface area contributed by atoms with Gasteiger partial charge in [-0.15, -0.1) is 0 Å². The number of hydrogen-bond donors (Lipinski definition) is 0. The molecular weight excluding hydrogens is 328 g/mol. The Kier molecular flexibility index (Phi) is 3.82. The van der Waals surface area contributed by atoms with E-state index in [4.69, 9.17) is 0 Å². The number of hydrogen-bond acceptors (Lipinski definition) is 3. The lowest BCUT2D eigenvalue weighted by atomic mass is 9.83. The highest BCUT2D eigenvalue weighted by Crippen LogP contribution is 2.35. The number of aryl methyl sites for hydroxylation is 1. The Morgan fingerprint density at radius 3 is 2.65 bits per heavy atom. The molecule has 2 unspecified atom stereocenters. The minimum absolute atomic E-state index is 0.0388. The van der Waals surface area contributed by atoms with Crippen LogP contribution in [0, 0.1) is 5.92 Å². The predicted octanol–water partition coefficient (Wildman–Crippen LogP) is 2.14. The number of nitrogens with zero attached hydrogens (tertiary/aromatic N) is 4. The first-order chi connectivity index (χ1) is 12.2. The Hall–Kier alpha value is -2.37. The highest BCUT2D eigenvalue weighted by atomic mass is 16.2. The number of pyridine rings is 1. The molecule has 0 aliphatic carbocycles. The van der Waals surface area contributed by atoms with Gasteiger partial charge in [0, 0.05) is 49.8 Å². The molecule has 2 aromatic heterocycles. The van der Waals surface area contributed by atoms with Crippen molar-refractivity contribution < 1.29 is 4.79 Å². The minimum atomic E-state index is -0.0885. The number of piperidine rings is 1. The zero-order chi connectivity index (χ0) is 18.6. The molecule has 1 amide bonds. The van der Waals surface area contributed by atoms with E-state index in [9.17, 15) is 9.59 Å². The van der Waals surface area contributed by atoms with Crippen molar-refractivity contribution in [1.82, 2.24) is 19.2 Å². The second-order valence-corrected chi connectivity index (χ2v) is 8.70. The van der Waals surface area contributed by atoms with Gasteiger partial charge in [-0.05, 0) is 24.5 Å². The topological polar surface area (TPSA) is 60.1 Å². The number of rotatable bonds is 1. The van der Waals surface area contributed by atoms with Gasteiger partial charge in [0.25, 0.3) is 11.5 Å². The van der Waals surface area contributed by atoms with E-state index in [1.807, 2.05) is 34.7 Å². The SMILES string of the molecule is Cn1nc(C(C)(C)C)cc1C(=O)N1CC2CC(C1)c1cccc(=O)n1C2. The molecule has 2 aliphatic heterocycles. The Bertz CT molecular complexity index is 919. The Balaban J connectivity index is 1.62. The van der Waals surface area contributed by atoms with E-state index in [0.717, 1.165) is 17.8 Å². The molecule has 0 aromatic carbocycles. The molecule has 2 aromatic rings. The average Bonchev–Trinajstić information content (AvgIpc) is 2.97. The van der Waals surface area contributed by atoms with Crippen molar-refractivity contribution >= 4 is 5.91 Å². The smallest absolute Gasteiger partial charge is 0.272 e. The maximum atomic E-state index is 13.2. The highest BCUT2D eigenvalue weighted by molar-refractivity contribution is 5.93. The van der Waals surface area contributed by atoms with Gasteiger partial charge < -0.3 is 9.47 Å². The third-order valence-electron chi connectivity index (χ3n) is 5.63. The van der Waals surface area contributed by atoms with Crippen molar-refractivity contribution in [3.05, 3.63) is 51.7 Å². The van der Waals surface area contributed by atoms with Gasteiger partial charge in [-0.25, -0.2) is 0 Å². The van der Waals surface area contributed by atoms with E-state index < -0.39 is 0 Å². The van der Waals surface area contributed by atoms with Gasteiger partial charge in [-0.3, -0.25) is 14.3 Å². The summed E-state index contributed by atoms with van der Waals surface area (Å²) < 4.78 is 3.59. The highest BCUT2D eigenvalue weighted by Gasteiger charge is 2.37. The van der Waals surface area contributed by atoms with Crippen molar-refractivity contribution in [3.8, 4) is 0 Å². The second-order valence-electron chi connectivity index (χ2n) is 8.70. The van der Waals surface area contributed by atoms with Crippen LogP contribution >= 0.6 is 0 Å². The van der Waals surface area contributed by atoms with Crippen molar-refractivity contribution in [1.29, 1.82) is 0 Å². The van der Waals surface area contributed by atoms with Gasteiger partial charge in [0.1, 0.15) is 5.69 Å². The first-order valence-corrected chi connectivity index (χ1v) is 9.27. The molecule has 1 saturated heterocycles. The van der Waals surface area contributed by atoms with E-state index in [0.29, 0.717) is 31.2 Å². The molecule has 1 fully saturated rings. The molecule has 4 heterocycles. The third kappa shape index (κ3) is 2.77. The predicted molar refractivity (Wildman–Crippen MR) is 99.4 cm³/mol. The van der Waals surface area contributed by atoms with Gasteiger partial charge in [0.05, 0.1) is 5.69 Å². The molecule has 0 saturated carbocycles. The van der Waals surface area contributed by atoms with Gasteiger partial charge in [-0.1, -0.05) is 26.8 Å². The van der Waals surface area contributed by atoms with Crippen LogP contribution in [0.3, 0.4) is 0 Å². The van der Waals surface area contributed by atoms with E-state index in [2.05, 4.69) is 25.9 Å². The number of carbonyl (C=O) groups excluding carboxylic acids is 1. The third-order valence-corrected chi connectivity index (χ3v) is 5.63. The number of carbonyl (C=O) groups is 1. The van der Waals surface area contributed by atoms with Crippen LogP contribution in [-0.4, -0.2) is 38.2 Å². The summed E-state index contributed by atoms with van der Waals surface area (Å²) in [6.07, 6.45) is 1.05. The average molecular weight is 354 g/mol. The Morgan fingerprint density at radius 1 is 1.19 bits per heavy atom. The van der Waals surface area contributed by atoms with Gasteiger partial charge in [0.15, 0.2) is 0 Å². The second kappa shape index (κ2) is 5.83. The Morgan fingerprint density at radius 2 is 1.96 bits per heavy atom. The van der Waals surface area contributed by atoms with Crippen LogP contribution in [0.5, 0.6) is 0 Å². The van der Waals surface area contributed by atoms with Crippen molar-refractivity contribution in [3.63, 3.8) is 0 Å². The summed E-state index contributed by atoms with van der Waals surface area (Å²) in [5, 5.41) is 4.54. The summed E-state index contributed by atoms with van der Waals surface area (Å²) in [6, 6.07) is 7.40. The fourth-order valence-electron chi connectivity index (χ4n) is 4.26. The van der Waals surface area contributed by atoms with E-state index in [1.165, 1.54) is 0 Å². The normalized spacial score (nSPS) is 22.2. The molecule has 6 heteroatoms. The van der Waals surface area contributed by atoms with Crippen LogP contribution < -0.4 is 5.56 Å². The van der Waals surface area contributed by atoms with Crippen LogP contribution in [0.1, 0.15) is 55.0 Å². The van der Waals surface area contributed by atoms with Crippen molar-refractivity contribution in [2.75, 3.05) is 13.1 Å². The summed E-state index contributed by atoms with van der Waals surface area (Å²) in [4.78, 5) is 27.3. The maximum absolute atomic E-state index is 13.2. The van der Waals surface area contributed by atoms with Crippen molar-refractivity contribution in [2.45, 2.75) is 45.1 Å². The lowest BCUT2D eigenvalue weighted by Crippen LogP contribution is -2.49. The first kappa shape index (κ1) is 17.1. The summed E-state index contributed by atoms with van der Waals surface area (Å²) >= 11 is 0. The van der Waals surface area contributed by atoms with E-state index in [-0.39, 0.29) is 22.8 Å². The van der Waals surface area contributed by atoms with Gasteiger partial charge in [0.2, 0.25) is 0 Å². The van der Waals surface area contributed by atoms with Gasteiger partial charge >= 0.3 is 0 Å². The molecule has 4 rings (SSSR count). The van der Waals surface area contributed by atoms with Gasteiger partial charge in [-0.2, -0.15) is 5.10 Å². The van der Waals surface area contributed by atoms with Crippen molar-refractivity contribution in [2.24, 2.45) is 13.0 Å². The monoisotopic (exact) mass is 354 g/mol. The fraction of sp³-hybridized carbons (Fsp3) is 0.550. The molecule has 26 heavy (non-hydrogen) atoms. The maximum Gasteiger partial charge on any atom is 0.272 e. The molecule has 0 spiro atoms. The van der Waals surface area contributed by atoms with Crippen LogP contribution in [-0.2, 0) is 19.0 Å². The zero-order valence-electron chi connectivity index (χ0n) is 15.9. The molecule has 0 radical (unpaired) electrons. The largest absolute Gasteiger partial charge is 0.336 e. The summed E-state index contributed by atoms with van der Waals surface area (Å²) in [6.45, 7) is 8.37. The Labute approximate surface area is 153 Å². The van der Waals surface area contributed by atoms with E-state index in [1.54, 1.807) is 10.7 Å². The quantitative estimate of drug-likeness (QED) is 0.788. The van der Waals surface area contributed by atoms with Crippen LogP contribution in [0.25, 0.3) is 0 Å². The van der Waals surface area contributed by atoms with Crippen LogP contribution in [0.4, 0.5) is 0 Å².